The number of nitrogens with one attached hydrogen (secondary N) is 1. The molecule has 1 nitrogen and oxygen atoms in total. The van der Waals surface area contributed by atoms with Gasteiger partial charge in [-0.2, -0.15) is 0 Å². The van der Waals surface area contributed by atoms with Crippen molar-refractivity contribution in [1.82, 2.24) is 5.32 Å². The van der Waals surface area contributed by atoms with Crippen LogP contribution in [0.1, 0.15) is 44.6 Å². The smallest absolute Gasteiger partial charge is 0.142 e. The van der Waals surface area contributed by atoms with Crippen LogP contribution in [0.15, 0.2) is 18.2 Å². The first-order valence-electron chi connectivity index (χ1n) is 7.85. The van der Waals surface area contributed by atoms with Crippen molar-refractivity contribution in [3.63, 3.8) is 0 Å². The van der Waals surface area contributed by atoms with Crippen LogP contribution in [-0.2, 0) is 6.42 Å². The topological polar surface area (TPSA) is 12.0 Å². The number of hydrogen-bond acceptors (Lipinski definition) is 1. The van der Waals surface area contributed by atoms with E-state index < -0.39 is 0 Å². The van der Waals surface area contributed by atoms with E-state index in [0.717, 1.165) is 31.0 Å². The van der Waals surface area contributed by atoms with Crippen LogP contribution < -0.4 is 5.32 Å². The van der Waals surface area contributed by atoms with Crippen molar-refractivity contribution >= 4 is 11.6 Å². The summed E-state index contributed by atoms with van der Waals surface area (Å²) in [5.74, 6) is 1.09. The summed E-state index contributed by atoms with van der Waals surface area (Å²) in [6.07, 6.45) is 7.53. The SMILES string of the molecule is CCNCC1CCCCCC1Cc1ccc(Cl)c(F)c1. The molecule has 112 valence electrons. The van der Waals surface area contributed by atoms with Gasteiger partial charge < -0.3 is 5.32 Å². The summed E-state index contributed by atoms with van der Waals surface area (Å²) in [6.45, 7) is 4.27. The van der Waals surface area contributed by atoms with Gasteiger partial charge in [0.25, 0.3) is 0 Å². The number of benzene rings is 1. The maximum Gasteiger partial charge on any atom is 0.142 e. The average Bonchev–Trinajstić information content (AvgIpc) is 2.66. The second kappa shape index (κ2) is 7.99. The van der Waals surface area contributed by atoms with Gasteiger partial charge in [-0.3, -0.25) is 0 Å². The molecule has 0 heterocycles. The van der Waals surface area contributed by atoms with E-state index >= 15 is 0 Å². The quantitative estimate of drug-likeness (QED) is 0.768. The molecule has 0 amide bonds. The molecule has 0 bridgehead atoms. The highest BCUT2D eigenvalue weighted by Gasteiger charge is 2.23. The van der Waals surface area contributed by atoms with Crippen LogP contribution in [0.3, 0.4) is 0 Å². The van der Waals surface area contributed by atoms with E-state index in [9.17, 15) is 4.39 Å². The summed E-state index contributed by atoms with van der Waals surface area (Å²) >= 11 is 5.76. The Bertz CT molecular complexity index is 421. The Kier molecular flexibility index (Phi) is 6.31. The van der Waals surface area contributed by atoms with Gasteiger partial charge in [0.15, 0.2) is 0 Å². The zero-order valence-corrected chi connectivity index (χ0v) is 13.1. The van der Waals surface area contributed by atoms with Gasteiger partial charge in [-0.15, -0.1) is 0 Å². The summed E-state index contributed by atoms with van der Waals surface area (Å²) in [4.78, 5) is 0. The molecule has 0 radical (unpaired) electrons. The van der Waals surface area contributed by atoms with Crippen molar-refractivity contribution < 1.29 is 4.39 Å². The molecule has 0 saturated heterocycles. The van der Waals surface area contributed by atoms with E-state index in [1.54, 1.807) is 12.1 Å². The van der Waals surface area contributed by atoms with Crippen LogP contribution in [0, 0.1) is 17.7 Å². The molecule has 1 aliphatic carbocycles. The van der Waals surface area contributed by atoms with Gasteiger partial charge in [-0.05, 0) is 61.9 Å². The van der Waals surface area contributed by atoms with Gasteiger partial charge >= 0.3 is 0 Å². The molecular formula is C17H25ClFN. The minimum atomic E-state index is -0.291. The van der Waals surface area contributed by atoms with Crippen molar-refractivity contribution in [3.05, 3.63) is 34.6 Å². The highest BCUT2D eigenvalue weighted by atomic mass is 35.5. The molecule has 1 fully saturated rings. The van der Waals surface area contributed by atoms with Gasteiger partial charge in [0.05, 0.1) is 5.02 Å². The Hall–Kier alpha value is -0.600. The van der Waals surface area contributed by atoms with Crippen molar-refractivity contribution in [3.8, 4) is 0 Å². The number of hydrogen-bond donors (Lipinski definition) is 1. The van der Waals surface area contributed by atoms with Gasteiger partial charge in [-0.1, -0.05) is 43.9 Å². The minimum absolute atomic E-state index is 0.221. The van der Waals surface area contributed by atoms with E-state index in [0.29, 0.717) is 5.92 Å². The molecule has 0 aliphatic heterocycles. The fourth-order valence-corrected chi connectivity index (χ4v) is 3.42. The first-order valence-corrected chi connectivity index (χ1v) is 8.23. The van der Waals surface area contributed by atoms with E-state index in [2.05, 4.69) is 12.2 Å². The molecule has 1 aliphatic rings. The van der Waals surface area contributed by atoms with Crippen LogP contribution in [0.5, 0.6) is 0 Å². The highest BCUT2D eigenvalue weighted by Crippen LogP contribution is 2.31. The Morgan fingerprint density at radius 2 is 1.95 bits per heavy atom. The third-order valence-electron chi connectivity index (χ3n) is 4.45. The van der Waals surface area contributed by atoms with E-state index in [4.69, 9.17) is 11.6 Å². The van der Waals surface area contributed by atoms with Crippen LogP contribution in [0.4, 0.5) is 4.39 Å². The standard InChI is InChI=1S/C17H25ClFN/c1-2-20-12-15-7-5-3-4-6-14(15)10-13-8-9-16(18)17(19)11-13/h8-9,11,14-15,20H,2-7,10,12H2,1H3. The Balaban J connectivity index is 2.03. The fraction of sp³-hybridized carbons (Fsp3) is 0.647. The van der Waals surface area contributed by atoms with E-state index in [-0.39, 0.29) is 10.8 Å². The third-order valence-corrected chi connectivity index (χ3v) is 4.76. The Morgan fingerprint density at radius 3 is 2.65 bits per heavy atom. The first-order chi connectivity index (χ1) is 9.70. The lowest BCUT2D eigenvalue weighted by atomic mass is 9.83. The largest absolute Gasteiger partial charge is 0.317 e. The molecule has 3 heteroatoms. The van der Waals surface area contributed by atoms with Gasteiger partial charge in [0, 0.05) is 0 Å². The average molecular weight is 298 g/mol. The molecule has 2 unspecified atom stereocenters. The van der Waals surface area contributed by atoms with Crippen LogP contribution in [0.25, 0.3) is 0 Å². The summed E-state index contributed by atoms with van der Waals surface area (Å²) < 4.78 is 13.6. The molecule has 20 heavy (non-hydrogen) atoms. The monoisotopic (exact) mass is 297 g/mol. The van der Waals surface area contributed by atoms with Crippen molar-refractivity contribution in [2.45, 2.75) is 45.4 Å². The predicted octanol–water partition coefficient (Wildman–Crippen LogP) is 4.83. The maximum absolute atomic E-state index is 13.6. The molecule has 1 saturated carbocycles. The Morgan fingerprint density at radius 1 is 1.20 bits per heavy atom. The van der Waals surface area contributed by atoms with Crippen molar-refractivity contribution in [1.29, 1.82) is 0 Å². The molecule has 1 aromatic rings. The normalized spacial score (nSPS) is 23.6. The molecule has 2 rings (SSSR count). The van der Waals surface area contributed by atoms with Crippen molar-refractivity contribution in [2.24, 2.45) is 11.8 Å². The van der Waals surface area contributed by atoms with Gasteiger partial charge in [0.1, 0.15) is 5.82 Å². The lowest BCUT2D eigenvalue weighted by Gasteiger charge is -2.25. The summed E-state index contributed by atoms with van der Waals surface area (Å²) in [5, 5.41) is 3.71. The van der Waals surface area contributed by atoms with Crippen LogP contribution >= 0.6 is 11.6 Å². The molecule has 1 N–H and O–H groups in total. The zero-order valence-electron chi connectivity index (χ0n) is 12.3. The number of rotatable bonds is 5. The zero-order chi connectivity index (χ0) is 14.4. The van der Waals surface area contributed by atoms with Gasteiger partial charge in [0.2, 0.25) is 0 Å². The van der Waals surface area contributed by atoms with Crippen molar-refractivity contribution in [2.75, 3.05) is 13.1 Å². The molecule has 1 aromatic carbocycles. The van der Waals surface area contributed by atoms with Gasteiger partial charge in [-0.25, -0.2) is 4.39 Å². The molecule has 0 spiro atoms. The summed E-state index contributed by atoms with van der Waals surface area (Å²) in [6, 6.07) is 5.26. The third kappa shape index (κ3) is 4.46. The first kappa shape index (κ1) is 15.8. The summed E-state index contributed by atoms with van der Waals surface area (Å²) in [5.41, 5.74) is 1.08. The minimum Gasteiger partial charge on any atom is -0.317 e. The molecule has 2 atom stereocenters. The summed E-state index contributed by atoms with van der Waals surface area (Å²) in [7, 11) is 0. The second-order valence-corrected chi connectivity index (χ2v) is 6.33. The van der Waals surface area contributed by atoms with Crippen LogP contribution in [-0.4, -0.2) is 13.1 Å². The second-order valence-electron chi connectivity index (χ2n) is 5.92. The van der Waals surface area contributed by atoms with Crippen LogP contribution in [0.2, 0.25) is 5.02 Å². The Labute approximate surface area is 126 Å². The number of halogens is 2. The maximum atomic E-state index is 13.6. The molecular weight excluding hydrogens is 273 g/mol. The fourth-order valence-electron chi connectivity index (χ4n) is 3.30. The lowest BCUT2D eigenvalue weighted by molar-refractivity contribution is 0.299. The molecule has 0 aromatic heterocycles. The lowest BCUT2D eigenvalue weighted by Crippen LogP contribution is -2.28. The predicted molar refractivity (Wildman–Crippen MR) is 83.7 cm³/mol. The highest BCUT2D eigenvalue weighted by molar-refractivity contribution is 6.30. The van der Waals surface area contributed by atoms with E-state index in [1.807, 2.05) is 6.07 Å². The van der Waals surface area contributed by atoms with E-state index in [1.165, 1.54) is 32.1 Å².